The van der Waals surface area contributed by atoms with Crippen LogP contribution < -0.4 is 11.1 Å². The van der Waals surface area contributed by atoms with Crippen LogP contribution in [0.1, 0.15) is 12.8 Å². The summed E-state index contributed by atoms with van der Waals surface area (Å²) in [5, 5.41) is 4.59. The maximum Gasteiger partial charge on any atom is 0.147 e. The number of nitrogen functional groups attached to an aromatic ring is 1. The predicted molar refractivity (Wildman–Crippen MR) is 88.5 cm³/mol. The lowest BCUT2D eigenvalue weighted by Crippen LogP contribution is -2.35. The van der Waals surface area contributed by atoms with Crippen molar-refractivity contribution in [1.29, 1.82) is 0 Å². The Kier molecular flexibility index (Phi) is 4.36. The van der Waals surface area contributed by atoms with E-state index in [0.29, 0.717) is 11.7 Å². The number of nitrogens with two attached hydrogens (primary N) is 1. The van der Waals surface area contributed by atoms with Gasteiger partial charge in [0.05, 0.1) is 5.56 Å². The van der Waals surface area contributed by atoms with Gasteiger partial charge in [0.1, 0.15) is 10.8 Å². The fourth-order valence-electron chi connectivity index (χ4n) is 2.89. The second-order valence-corrected chi connectivity index (χ2v) is 6.44. The lowest BCUT2D eigenvalue weighted by molar-refractivity contribution is 0.217. The molecule has 1 atom stereocenters. The summed E-state index contributed by atoms with van der Waals surface area (Å²) in [5.41, 5.74) is 8.03. The van der Waals surface area contributed by atoms with E-state index in [-0.39, 0.29) is 0 Å². The molecular formula is C15H21N5S. The summed E-state index contributed by atoms with van der Waals surface area (Å²) in [6.45, 7) is 3.34. The number of anilines is 2. The maximum atomic E-state index is 6.03. The minimum absolute atomic E-state index is 0.580. The van der Waals surface area contributed by atoms with Gasteiger partial charge in [-0.15, -0.1) is 0 Å². The number of nitrogens with one attached hydrogen (secondary N) is 1. The summed E-state index contributed by atoms with van der Waals surface area (Å²) in [6.07, 6.45) is 6.17. The average Bonchev–Trinajstić information content (AvgIpc) is 2.87. The number of piperidine rings is 1. The number of nitrogens with zero attached hydrogens (tertiary/aromatic N) is 3. The molecule has 2 aromatic heterocycles. The van der Waals surface area contributed by atoms with Crippen molar-refractivity contribution in [3.05, 3.63) is 24.5 Å². The minimum Gasteiger partial charge on any atom is -0.382 e. The summed E-state index contributed by atoms with van der Waals surface area (Å²) >= 11 is 1.43. The van der Waals surface area contributed by atoms with Crippen molar-refractivity contribution in [2.24, 2.45) is 5.92 Å². The van der Waals surface area contributed by atoms with E-state index in [0.717, 1.165) is 29.2 Å². The monoisotopic (exact) mass is 303 g/mol. The standard InChI is InChI=1S/C15H21N5S/c1-20-7-3-4-11(10-20)8-18-15-13(14(16)19-21-15)12-5-2-6-17-9-12/h2,5-6,9,11,18H,3-4,7-8,10H2,1H3,(H2,16,19). The van der Waals surface area contributed by atoms with Crippen LogP contribution in [0.3, 0.4) is 0 Å². The molecule has 3 rings (SSSR count). The topological polar surface area (TPSA) is 67.1 Å². The molecule has 0 bridgehead atoms. The van der Waals surface area contributed by atoms with Crippen molar-refractivity contribution in [1.82, 2.24) is 14.3 Å². The summed E-state index contributed by atoms with van der Waals surface area (Å²) in [6, 6.07) is 3.94. The molecule has 2 aromatic rings. The molecule has 0 amide bonds. The predicted octanol–water partition coefficient (Wildman–Crippen LogP) is 2.54. The van der Waals surface area contributed by atoms with Crippen LogP contribution in [-0.2, 0) is 0 Å². The van der Waals surface area contributed by atoms with Crippen molar-refractivity contribution >= 4 is 22.4 Å². The summed E-state index contributed by atoms with van der Waals surface area (Å²) < 4.78 is 4.29. The molecule has 3 N–H and O–H groups in total. The highest BCUT2D eigenvalue weighted by molar-refractivity contribution is 7.11. The normalized spacial score (nSPS) is 19.6. The van der Waals surface area contributed by atoms with Gasteiger partial charge in [-0.25, -0.2) is 0 Å². The van der Waals surface area contributed by atoms with Crippen LogP contribution in [0.25, 0.3) is 11.1 Å². The maximum absolute atomic E-state index is 6.03. The van der Waals surface area contributed by atoms with E-state index in [1.165, 1.54) is 30.9 Å². The first kappa shape index (κ1) is 14.3. The SMILES string of the molecule is CN1CCCC(CNc2snc(N)c2-c2cccnc2)C1. The van der Waals surface area contributed by atoms with Crippen molar-refractivity contribution in [3.63, 3.8) is 0 Å². The second kappa shape index (κ2) is 6.41. The lowest BCUT2D eigenvalue weighted by atomic mass is 9.98. The van der Waals surface area contributed by atoms with Crippen LogP contribution in [0.5, 0.6) is 0 Å². The van der Waals surface area contributed by atoms with Gasteiger partial charge in [0, 0.05) is 31.0 Å². The molecule has 0 radical (unpaired) electrons. The lowest BCUT2D eigenvalue weighted by Gasteiger charge is -2.29. The van der Waals surface area contributed by atoms with E-state index in [4.69, 9.17) is 5.73 Å². The molecule has 112 valence electrons. The van der Waals surface area contributed by atoms with Crippen molar-refractivity contribution in [2.45, 2.75) is 12.8 Å². The van der Waals surface area contributed by atoms with Crippen LogP contribution in [-0.4, -0.2) is 40.9 Å². The fraction of sp³-hybridized carbons (Fsp3) is 0.467. The van der Waals surface area contributed by atoms with Gasteiger partial charge >= 0.3 is 0 Å². The van der Waals surface area contributed by atoms with Crippen molar-refractivity contribution in [2.75, 3.05) is 37.7 Å². The molecule has 0 aliphatic carbocycles. The Morgan fingerprint density at radius 3 is 3.19 bits per heavy atom. The number of aromatic nitrogens is 2. The van der Waals surface area contributed by atoms with Crippen molar-refractivity contribution in [3.8, 4) is 11.1 Å². The van der Waals surface area contributed by atoms with E-state index in [1.807, 2.05) is 18.3 Å². The van der Waals surface area contributed by atoms with Gasteiger partial charge in [-0.05, 0) is 50.0 Å². The summed E-state index contributed by atoms with van der Waals surface area (Å²) in [5.74, 6) is 1.27. The molecule has 1 fully saturated rings. The highest BCUT2D eigenvalue weighted by atomic mass is 32.1. The molecule has 21 heavy (non-hydrogen) atoms. The van der Waals surface area contributed by atoms with E-state index < -0.39 is 0 Å². The number of hydrogen-bond donors (Lipinski definition) is 2. The van der Waals surface area contributed by atoms with Crippen LogP contribution in [0, 0.1) is 5.92 Å². The van der Waals surface area contributed by atoms with Crippen LogP contribution in [0.2, 0.25) is 0 Å². The van der Waals surface area contributed by atoms with Gasteiger partial charge in [0.15, 0.2) is 0 Å². The zero-order valence-electron chi connectivity index (χ0n) is 12.2. The van der Waals surface area contributed by atoms with Crippen LogP contribution >= 0.6 is 11.5 Å². The zero-order chi connectivity index (χ0) is 14.7. The highest BCUT2D eigenvalue weighted by Crippen LogP contribution is 2.36. The molecule has 5 nitrogen and oxygen atoms in total. The Labute approximate surface area is 129 Å². The largest absolute Gasteiger partial charge is 0.382 e. The van der Waals surface area contributed by atoms with Gasteiger partial charge in [-0.3, -0.25) is 4.98 Å². The van der Waals surface area contributed by atoms with E-state index in [9.17, 15) is 0 Å². The Hall–Kier alpha value is -1.66. The Morgan fingerprint density at radius 2 is 2.43 bits per heavy atom. The average molecular weight is 303 g/mol. The van der Waals surface area contributed by atoms with Gasteiger partial charge in [-0.1, -0.05) is 6.07 Å². The molecule has 1 aliphatic rings. The van der Waals surface area contributed by atoms with Crippen molar-refractivity contribution < 1.29 is 0 Å². The molecule has 3 heterocycles. The van der Waals surface area contributed by atoms with E-state index in [1.54, 1.807) is 6.20 Å². The number of pyridine rings is 1. The van der Waals surface area contributed by atoms with Gasteiger partial charge in [0.2, 0.25) is 0 Å². The van der Waals surface area contributed by atoms with E-state index in [2.05, 4.69) is 26.6 Å². The Bertz CT molecular complexity index is 583. The molecular weight excluding hydrogens is 282 g/mol. The van der Waals surface area contributed by atoms with Gasteiger partial charge in [0.25, 0.3) is 0 Å². The highest BCUT2D eigenvalue weighted by Gasteiger charge is 2.19. The Balaban J connectivity index is 1.72. The third kappa shape index (κ3) is 3.33. The zero-order valence-corrected chi connectivity index (χ0v) is 13.1. The third-order valence-electron chi connectivity index (χ3n) is 3.94. The summed E-state index contributed by atoms with van der Waals surface area (Å²) in [7, 11) is 2.19. The molecule has 1 saturated heterocycles. The number of rotatable bonds is 4. The molecule has 6 heteroatoms. The quantitative estimate of drug-likeness (QED) is 0.908. The number of hydrogen-bond acceptors (Lipinski definition) is 6. The van der Waals surface area contributed by atoms with E-state index >= 15 is 0 Å². The smallest absolute Gasteiger partial charge is 0.147 e. The summed E-state index contributed by atoms with van der Waals surface area (Å²) in [4.78, 5) is 6.57. The Morgan fingerprint density at radius 1 is 1.52 bits per heavy atom. The minimum atomic E-state index is 0.580. The molecule has 0 aromatic carbocycles. The van der Waals surface area contributed by atoms with Gasteiger partial charge in [-0.2, -0.15) is 4.37 Å². The second-order valence-electron chi connectivity index (χ2n) is 5.67. The first-order valence-electron chi connectivity index (χ1n) is 7.32. The fourth-order valence-corrected chi connectivity index (χ4v) is 3.63. The molecule has 1 unspecified atom stereocenters. The van der Waals surface area contributed by atoms with Gasteiger partial charge < -0.3 is 16.0 Å². The molecule has 0 spiro atoms. The third-order valence-corrected chi connectivity index (χ3v) is 4.76. The van der Waals surface area contributed by atoms with Crippen LogP contribution in [0.4, 0.5) is 10.8 Å². The first-order chi connectivity index (χ1) is 10.2. The molecule has 0 saturated carbocycles. The molecule has 1 aliphatic heterocycles. The first-order valence-corrected chi connectivity index (χ1v) is 8.09. The van der Waals surface area contributed by atoms with Crippen LogP contribution in [0.15, 0.2) is 24.5 Å². The number of likely N-dealkylation sites (tertiary alicyclic amines) is 1.